The van der Waals surface area contributed by atoms with Crippen LogP contribution in [0.1, 0.15) is 5.56 Å². The molecule has 0 fully saturated rings. The highest BCUT2D eigenvalue weighted by Gasteiger charge is 2.07. The van der Waals surface area contributed by atoms with E-state index in [0.717, 1.165) is 10.0 Å². The molecule has 0 radical (unpaired) electrons. The first kappa shape index (κ1) is 16.1. The highest BCUT2D eigenvalue weighted by atomic mass is 79.9. The number of rotatable bonds is 5. The Bertz CT molecular complexity index is 695. The molecule has 0 unspecified atom stereocenters. The van der Waals surface area contributed by atoms with Crippen molar-refractivity contribution in [2.24, 2.45) is 0 Å². The summed E-state index contributed by atoms with van der Waals surface area (Å²) in [4.78, 5) is 11.9. The summed E-state index contributed by atoms with van der Waals surface area (Å²) in [5.41, 5.74) is 0.772. The van der Waals surface area contributed by atoms with Gasteiger partial charge in [0.2, 0.25) is 0 Å². The van der Waals surface area contributed by atoms with Crippen molar-refractivity contribution in [3.05, 3.63) is 58.6 Å². The first-order chi connectivity index (χ1) is 10.6. The Morgan fingerprint density at radius 3 is 2.36 bits per heavy atom. The van der Waals surface area contributed by atoms with E-state index in [1.54, 1.807) is 37.5 Å². The maximum atomic E-state index is 11.9. The second kappa shape index (κ2) is 7.66. The van der Waals surface area contributed by atoms with Gasteiger partial charge in [0.15, 0.2) is 11.5 Å². The lowest BCUT2D eigenvalue weighted by molar-refractivity contribution is -0.129. The molecule has 22 heavy (non-hydrogen) atoms. The van der Waals surface area contributed by atoms with Gasteiger partial charge in [0.25, 0.3) is 0 Å². The number of carbonyl (C=O) groups excluding carboxylic acids is 1. The molecule has 0 amide bonds. The zero-order valence-corrected chi connectivity index (χ0v) is 13.8. The van der Waals surface area contributed by atoms with Crippen molar-refractivity contribution in [1.82, 2.24) is 0 Å². The van der Waals surface area contributed by atoms with Gasteiger partial charge in [0, 0.05) is 16.1 Å². The van der Waals surface area contributed by atoms with Gasteiger partial charge < -0.3 is 14.2 Å². The van der Waals surface area contributed by atoms with E-state index in [4.69, 9.17) is 14.2 Å². The van der Waals surface area contributed by atoms with Gasteiger partial charge in [-0.05, 0) is 36.4 Å². The highest BCUT2D eigenvalue weighted by molar-refractivity contribution is 9.10. The Balaban J connectivity index is 2.13. The molecule has 114 valence electrons. The zero-order chi connectivity index (χ0) is 15.9. The Hall–Kier alpha value is -2.27. The van der Waals surface area contributed by atoms with Crippen molar-refractivity contribution >= 4 is 28.0 Å². The van der Waals surface area contributed by atoms with Crippen LogP contribution < -0.4 is 14.2 Å². The first-order valence-corrected chi connectivity index (χ1v) is 7.30. The fourth-order valence-electron chi connectivity index (χ4n) is 1.84. The van der Waals surface area contributed by atoms with Crippen LogP contribution >= 0.6 is 15.9 Å². The van der Waals surface area contributed by atoms with E-state index in [9.17, 15) is 4.79 Å². The molecule has 0 N–H and O–H groups in total. The topological polar surface area (TPSA) is 44.8 Å². The molecule has 0 saturated heterocycles. The molecule has 0 atom stereocenters. The monoisotopic (exact) mass is 362 g/mol. The van der Waals surface area contributed by atoms with Gasteiger partial charge in [-0.2, -0.15) is 0 Å². The highest BCUT2D eigenvalue weighted by Crippen LogP contribution is 2.27. The summed E-state index contributed by atoms with van der Waals surface area (Å²) in [6.07, 6.45) is 2.98. The summed E-state index contributed by atoms with van der Waals surface area (Å²) in [5.74, 6) is 1.06. The van der Waals surface area contributed by atoms with E-state index >= 15 is 0 Å². The Morgan fingerprint density at radius 1 is 1.00 bits per heavy atom. The van der Waals surface area contributed by atoms with Crippen LogP contribution in [-0.4, -0.2) is 20.2 Å². The lowest BCUT2D eigenvalue weighted by atomic mass is 10.2. The molecule has 0 spiro atoms. The largest absolute Gasteiger partial charge is 0.496 e. The maximum absolute atomic E-state index is 11.9. The van der Waals surface area contributed by atoms with E-state index in [2.05, 4.69) is 15.9 Å². The summed E-state index contributed by atoms with van der Waals surface area (Å²) in [7, 11) is 3.10. The van der Waals surface area contributed by atoms with Gasteiger partial charge in [-0.1, -0.05) is 28.1 Å². The molecular formula is C17H15BrO4. The molecule has 2 aromatic rings. The third-order valence-electron chi connectivity index (χ3n) is 2.87. The minimum atomic E-state index is -0.494. The number of methoxy groups -OCH3 is 2. The van der Waals surface area contributed by atoms with Gasteiger partial charge in [-0.15, -0.1) is 0 Å². The number of carbonyl (C=O) groups is 1. The molecule has 5 heteroatoms. The van der Waals surface area contributed by atoms with Crippen LogP contribution in [0, 0.1) is 0 Å². The number of para-hydroxylation sites is 2. The zero-order valence-electron chi connectivity index (χ0n) is 12.2. The van der Waals surface area contributed by atoms with Crippen molar-refractivity contribution in [3.63, 3.8) is 0 Å². The van der Waals surface area contributed by atoms with Crippen LogP contribution in [-0.2, 0) is 4.79 Å². The standard InChI is InChI=1S/C17H15BrO4/c1-20-14-9-8-13(18)11-12(14)7-10-17(19)22-16-6-4-3-5-15(16)21-2/h3-11H,1-2H3/b10-7+. The number of hydrogen-bond donors (Lipinski definition) is 0. The van der Waals surface area contributed by atoms with Crippen LogP contribution in [0.4, 0.5) is 0 Å². The fraction of sp³-hybridized carbons (Fsp3) is 0.118. The first-order valence-electron chi connectivity index (χ1n) is 6.50. The fourth-order valence-corrected chi connectivity index (χ4v) is 2.22. The van der Waals surface area contributed by atoms with Gasteiger partial charge >= 0.3 is 5.97 Å². The summed E-state index contributed by atoms with van der Waals surface area (Å²) in [6, 6.07) is 12.5. The summed E-state index contributed by atoms with van der Waals surface area (Å²) >= 11 is 3.38. The number of halogens is 1. The molecule has 0 aliphatic heterocycles. The van der Waals surface area contributed by atoms with E-state index in [-0.39, 0.29) is 0 Å². The number of hydrogen-bond acceptors (Lipinski definition) is 4. The van der Waals surface area contributed by atoms with Crippen LogP contribution in [0.2, 0.25) is 0 Å². The minimum Gasteiger partial charge on any atom is -0.496 e. The Morgan fingerprint density at radius 2 is 1.68 bits per heavy atom. The predicted octanol–water partition coefficient (Wildman–Crippen LogP) is 4.09. The smallest absolute Gasteiger partial charge is 0.336 e. The summed E-state index contributed by atoms with van der Waals surface area (Å²) in [6.45, 7) is 0. The van der Waals surface area contributed by atoms with E-state index < -0.39 is 5.97 Å². The number of esters is 1. The molecule has 0 aromatic heterocycles. The number of benzene rings is 2. The maximum Gasteiger partial charge on any atom is 0.336 e. The molecule has 0 heterocycles. The second-order valence-electron chi connectivity index (χ2n) is 4.29. The SMILES string of the molecule is COc1ccc(Br)cc1/C=C/C(=O)Oc1ccccc1OC. The van der Waals surface area contributed by atoms with E-state index in [1.807, 2.05) is 18.2 Å². The molecule has 0 aliphatic rings. The average molecular weight is 363 g/mol. The second-order valence-corrected chi connectivity index (χ2v) is 5.21. The Labute approximate surface area is 137 Å². The minimum absolute atomic E-state index is 0.376. The van der Waals surface area contributed by atoms with Crippen molar-refractivity contribution in [3.8, 4) is 17.2 Å². The van der Waals surface area contributed by atoms with Crippen LogP contribution in [0.5, 0.6) is 17.2 Å². The predicted molar refractivity (Wildman–Crippen MR) is 88.4 cm³/mol. The molecule has 0 aliphatic carbocycles. The van der Waals surface area contributed by atoms with Gasteiger partial charge in [-0.3, -0.25) is 0 Å². The molecular weight excluding hydrogens is 348 g/mol. The molecule has 0 bridgehead atoms. The lowest BCUT2D eigenvalue weighted by Gasteiger charge is -2.07. The van der Waals surface area contributed by atoms with E-state index in [1.165, 1.54) is 13.2 Å². The molecule has 0 saturated carbocycles. The van der Waals surface area contributed by atoms with Crippen molar-refractivity contribution < 1.29 is 19.0 Å². The van der Waals surface area contributed by atoms with Crippen LogP contribution in [0.15, 0.2) is 53.0 Å². The number of ether oxygens (including phenoxy) is 3. The molecule has 4 nitrogen and oxygen atoms in total. The summed E-state index contributed by atoms with van der Waals surface area (Å²) in [5, 5.41) is 0. The van der Waals surface area contributed by atoms with Gasteiger partial charge in [0.1, 0.15) is 5.75 Å². The van der Waals surface area contributed by atoms with Crippen molar-refractivity contribution in [1.29, 1.82) is 0 Å². The van der Waals surface area contributed by atoms with Gasteiger partial charge in [0.05, 0.1) is 14.2 Å². The summed E-state index contributed by atoms with van der Waals surface area (Å²) < 4.78 is 16.5. The van der Waals surface area contributed by atoms with Crippen LogP contribution in [0.25, 0.3) is 6.08 Å². The third-order valence-corrected chi connectivity index (χ3v) is 3.36. The van der Waals surface area contributed by atoms with Crippen molar-refractivity contribution in [2.75, 3.05) is 14.2 Å². The quantitative estimate of drug-likeness (QED) is 0.456. The average Bonchev–Trinajstić information content (AvgIpc) is 2.53. The normalized spacial score (nSPS) is 10.5. The molecule has 2 aromatic carbocycles. The van der Waals surface area contributed by atoms with Crippen molar-refractivity contribution in [2.45, 2.75) is 0 Å². The van der Waals surface area contributed by atoms with Crippen LogP contribution in [0.3, 0.4) is 0 Å². The lowest BCUT2D eigenvalue weighted by Crippen LogP contribution is -2.04. The third kappa shape index (κ3) is 4.11. The Kier molecular flexibility index (Phi) is 5.61. The molecule has 2 rings (SSSR count). The van der Waals surface area contributed by atoms with Gasteiger partial charge in [-0.25, -0.2) is 4.79 Å². The van der Waals surface area contributed by atoms with E-state index in [0.29, 0.717) is 17.2 Å².